The van der Waals surface area contributed by atoms with Gasteiger partial charge in [0.1, 0.15) is 34.5 Å². The second-order valence-electron chi connectivity index (χ2n) is 9.85. The molecule has 188 valence electrons. The zero-order valence-electron chi connectivity index (χ0n) is 19.4. The molecule has 0 radical (unpaired) electrons. The predicted molar refractivity (Wildman–Crippen MR) is 120 cm³/mol. The van der Waals surface area contributed by atoms with E-state index in [1.54, 1.807) is 33.0 Å². The van der Waals surface area contributed by atoms with Crippen molar-refractivity contribution < 1.29 is 27.4 Å². The maximum absolute atomic E-state index is 14.3. The Morgan fingerprint density at radius 3 is 2.79 bits per heavy atom. The zero-order chi connectivity index (χ0) is 24.7. The van der Waals surface area contributed by atoms with E-state index < -0.39 is 30.0 Å². The summed E-state index contributed by atoms with van der Waals surface area (Å²) >= 11 is 6.12. The average Bonchev–Trinajstić information content (AvgIpc) is 3.44. The van der Waals surface area contributed by atoms with Crippen molar-refractivity contribution in [1.29, 1.82) is 0 Å². The highest BCUT2D eigenvalue weighted by atomic mass is 35.5. The molecule has 1 N–H and O–H groups in total. The van der Waals surface area contributed by atoms with E-state index >= 15 is 0 Å². The molecule has 2 aliphatic heterocycles. The van der Waals surface area contributed by atoms with Gasteiger partial charge in [0, 0.05) is 19.3 Å². The maximum Gasteiger partial charge on any atom is 0.408 e. The summed E-state index contributed by atoms with van der Waals surface area (Å²) in [4.78, 5) is 21.7. The molecule has 2 aromatic rings. The van der Waals surface area contributed by atoms with Gasteiger partial charge in [0.25, 0.3) is 0 Å². The molecular weight excluding hydrogens is 475 g/mol. The number of hydrogen-bond donors (Lipinski definition) is 1. The molecule has 4 rings (SSSR count). The van der Waals surface area contributed by atoms with Crippen molar-refractivity contribution in [3.8, 4) is 0 Å². The lowest BCUT2D eigenvalue weighted by atomic mass is 9.94. The number of carbonyl (C=O) groups excluding carboxylic acids is 1. The minimum absolute atomic E-state index is 0.0971. The molecule has 3 atom stereocenters. The number of halogens is 4. The molecule has 8 nitrogen and oxygen atoms in total. The van der Waals surface area contributed by atoms with Gasteiger partial charge in [-0.05, 0) is 59.1 Å². The van der Waals surface area contributed by atoms with E-state index in [4.69, 9.17) is 21.1 Å². The van der Waals surface area contributed by atoms with E-state index in [1.807, 2.05) is 4.57 Å². The first-order chi connectivity index (χ1) is 15.9. The third kappa shape index (κ3) is 4.96. The molecular formula is C22H29ClF3N5O3. The van der Waals surface area contributed by atoms with Crippen molar-refractivity contribution in [3.63, 3.8) is 0 Å². The lowest BCUT2D eigenvalue weighted by molar-refractivity contribution is -0.224. The number of ether oxygens (including phenoxy) is 2. The third-order valence-electron chi connectivity index (χ3n) is 6.36. The second kappa shape index (κ2) is 9.16. The van der Waals surface area contributed by atoms with Gasteiger partial charge in [-0.2, -0.15) is 13.2 Å². The van der Waals surface area contributed by atoms with Crippen LogP contribution in [0.2, 0.25) is 5.15 Å². The number of nitrogens with zero attached hydrogens (tertiary/aromatic N) is 4. The summed E-state index contributed by atoms with van der Waals surface area (Å²) in [5.74, 6) is 0. The number of alkyl halides is 3. The van der Waals surface area contributed by atoms with Crippen LogP contribution in [0.15, 0.2) is 18.6 Å². The van der Waals surface area contributed by atoms with Crippen molar-refractivity contribution >= 4 is 28.7 Å². The molecule has 0 spiro atoms. The van der Waals surface area contributed by atoms with E-state index in [0.29, 0.717) is 35.4 Å². The van der Waals surface area contributed by atoms with Crippen LogP contribution in [0.5, 0.6) is 0 Å². The number of rotatable bonds is 5. The van der Waals surface area contributed by atoms with Crippen LogP contribution in [0.3, 0.4) is 0 Å². The molecule has 1 amide bonds. The SMILES string of the molecule is CC(C)(C)OC(=O)NCC1(C(F)(F)F)CCCN1CC1CCC(n2ccc3c(Cl)ncnc32)O1. The fourth-order valence-corrected chi connectivity index (χ4v) is 4.99. The van der Waals surface area contributed by atoms with Crippen LogP contribution in [0, 0.1) is 0 Å². The number of likely N-dealkylation sites (tertiary alicyclic amines) is 1. The molecule has 2 saturated heterocycles. The number of fused-ring (bicyclic) bond motifs is 1. The van der Waals surface area contributed by atoms with Gasteiger partial charge in [0.2, 0.25) is 0 Å². The molecule has 0 aromatic carbocycles. The monoisotopic (exact) mass is 503 g/mol. The Morgan fingerprint density at radius 1 is 1.32 bits per heavy atom. The molecule has 2 aromatic heterocycles. The van der Waals surface area contributed by atoms with Gasteiger partial charge in [-0.1, -0.05) is 11.6 Å². The Bertz CT molecular complexity index is 1040. The molecule has 12 heteroatoms. The largest absolute Gasteiger partial charge is 0.444 e. The van der Waals surface area contributed by atoms with Crippen molar-refractivity contribution in [2.24, 2.45) is 0 Å². The highest BCUT2D eigenvalue weighted by molar-refractivity contribution is 6.33. The first-order valence-electron chi connectivity index (χ1n) is 11.3. The lowest BCUT2D eigenvalue weighted by Gasteiger charge is -2.41. The standard InChI is InChI=1S/C22H29ClF3N5O3/c1-20(2,3)34-19(32)27-12-21(22(24,25)26)8-4-9-30(21)11-14-5-6-16(33-14)31-10-7-15-17(23)28-13-29-18(15)31/h7,10,13-14,16H,4-6,8-9,11-12H2,1-3H3,(H,27,32). The highest BCUT2D eigenvalue weighted by Gasteiger charge is 2.60. The number of aromatic nitrogens is 3. The molecule has 34 heavy (non-hydrogen) atoms. The molecule has 3 unspecified atom stereocenters. The quantitative estimate of drug-likeness (QED) is 0.596. The Hall–Kier alpha value is -2.11. The summed E-state index contributed by atoms with van der Waals surface area (Å²) in [7, 11) is 0. The van der Waals surface area contributed by atoms with Gasteiger partial charge in [-0.3, -0.25) is 4.90 Å². The van der Waals surface area contributed by atoms with Crippen molar-refractivity contribution in [2.45, 2.75) is 76.1 Å². The van der Waals surface area contributed by atoms with Gasteiger partial charge >= 0.3 is 12.3 Å². The van der Waals surface area contributed by atoms with Crippen LogP contribution in [-0.2, 0) is 9.47 Å². The van der Waals surface area contributed by atoms with Gasteiger partial charge < -0.3 is 19.4 Å². The van der Waals surface area contributed by atoms with Crippen LogP contribution in [-0.4, -0.2) is 68.6 Å². The summed E-state index contributed by atoms with van der Waals surface area (Å²) in [5.41, 5.74) is -2.33. The lowest BCUT2D eigenvalue weighted by Crippen LogP contribution is -2.62. The van der Waals surface area contributed by atoms with Crippen molar-refractivity contribution in [3.05, 3.63) is 23.7 Å². The van der Waals surface area contributed by atoms with Gasteiger partial charge in [0.05, 0.1) is 11.5 Å². The normalized spacial score (nSPS) is 26.3. The molecule has 0 aliphatic carbocycles. The minimum Gasteiger partial charge on any atom is -0.444 e. The van der Waals surface area contributed by atoms with E-state index in [2.05, 4.69) is 15.3 Å². The minimum atomic E-state index is -4.53. The van der Waals surface area contributed by atoms with Crippen LogP contribution in [0.4, 0.5) is 18.0 Å². The number of nitrogens with one attached hydrogen (secondary N) is 1. The van der Waals surface area contributed by atoms with E-state index in [-0.39, 0.29) is 31.8 Å². The summed E-state index contributed by atoms with van der Waals surface area (Å²) in [6.07, 6.45) is -1.43. The first-order valence-corrected chi connectivity index (χ1v) is 11.7. The van der Waals surface area contributed by atoms with Crippen LogP contribution in [0.25, 0.3) is 11.0 Å². The number of hydrogen-bond acceptors (Lipinski definition) is 6. The molecule has 4 heterocycles. The van der Waals surface area contributed by atoms with Crippen LogP contribution in [0.1, 0.15) is 52.7 Å². The topological polar surface area (TPSA) is 81.5 Å². The van der Waals surface area contributed by atoms with Gasteiger partial charge in [0.15, 0.2) is 0 Å². The average molecular weight is 504 g/mol. The summed E-state index contributed by atoms with van der Waals surface area (Å²) in [6.45, 7) is 4.80. The van der Waals surface area contributed by atoms with E-state index in [0.717, 1.165) is 0 Å². The number of alkyl carbamates (subject to hydrolysis) is 1. The van der Waals surface area contributed by atoms with Gasteiger partial charge in [-0.25, -0.2) is 14.8 Å². The first kappa shape index (κ1) is 25.0. The fourth-order valence-electron chi connectivity index (χ4n) is 4.80. The number of carbonyl (C=O) groups is 1. The Labute approximate surface area is 200 Å². The Kier molecular flexibility index (Phi) is 6.73. The van der Waals surface area contributed by atoms with Crippen molar-refractivity contribution in [2.75, 3.05) is 19.6 Å². The molecule has 2 aliphatic rings. The van der Waals surface area contributed by atoms with E-state index in [1.165, 1.54) is 11.2 Å². The van der Waals surface area contributed by atoms with Gasteiger partial charge in [-0.15, -0.1) is 0 Å². The molecule has 0 saturated carbocycles. The smallest absolute Gasteiger partial charge is 0.408 e. The number of amides is 1. The molecule has 0 bridgehead atoms. The summed E-state index contributed by atoms with van der Waals surface area (Å²) in [5, 5.41) is 3.38. The maximum atomic E-state index is 14.3. The Morgan fingerprint density at radius 2 is 2.09 bits per heavy atom. The Balaban J connectivity index is 1.45. The second-order valence-corrected chi connectivity index (χ2v) is 10.2. The summed E-state index contributed by atoms with van der Waals surface area (Å²) in [6, 6.07) is 1.80. The zero-order valence-corrected chi connectivity index (χ0v) is 20.1. The van der Waals surface area contributed by atoms with Crippen LogP contribution < -0.4 is 5.32 Å². The molecule has 2 fully saturated rings. The highest BCUT2D eigenvalue weighted by Crippen LogP contribution is 2.44. The van der Waals surface area contributed by atoms with E-state index in [9.17, 15) is 18.0 Å². The van der Waals surface area contributed by atoms with Crippen LogP contribution >= 0.6 is 11.6 Å². The van der Waals surface area contributed by atoms with Crippen molar-refractivity contribution in [1.82, 2.24) is 24.8 Å². The third-order valence-corrected chi connectivity index (χ3v) is 6.66. The fraction of sp³-hybridized carbons (Fsp3) is 0.682. The summed E-state index contributed by atoms with van der Waals surface area (Å²) < 4.78 is 56.1. The predicted octanol–water partition coefficient (Wildman–Crippen LogP) is 4.68.